The number of carbonyl (C=O) groups excluding carboxylic acids is 2. The van der Waals surface area contributed by atoms with Gasteiger partial charge in [0.05, 0.1) is 11.4 Å². The fraction of sp³-hybridized carbons (Fsp3) is 0.111. The summed E-state index contributed by atoms with van der Waals surface area (Å²) >= 11 is 2.33. The molecule has 0 saturated heterocycles. The highest BCUT2D eigenvalue weighted by molar-refractivity contribution is 8.01. The summed E-state index contributed by atoms with van der Waals surface area (Å²) < 4.78 is 14.1. The predicted molar refractivity (Wildman–Crippen MR) is 105 cm³/mol. The fourth-order valence-corrected chi connectivity index (χ4v) is 3.73. The van der Waals surface area contributed by atoms with Crippen molar-refractivity contribution in [3.05, 3.63) is 65.5 Å². The van der Waals surface area contributed by atoms with Crippen LogP contribution in [0.25, 0.3) is 0 Å². The van der Waals surface area contributed by atoms with E-state index in [1.807, 2.05) is 19.1 Å². The SMILES string of the molecule is Cc1ccccc1C(=O)Nc1nnc(SCC(=O)Nc2ccccc2F)s1. The van der Waals surface area contributed by atoms with E-state index in [0.29, 0.717) is 15.0 Å². The van der Waals surface area contributed by atoms with Gasteiger partial charge in [0.1, 0.15) is 5.82 Å². The zero-order valence-corrected chi connectivity index (χ0v) is 15.9. The minimum absolute atomic E-state index is 0.0503. The molecule has 0 fully saturated rings. The molecule has 3 rings (SSSR count). The molecule has 1 aromatic heterocycles. The quantitative estimate of drug-likeness (QED) is 0.481. The number of aryl methyl sites for hydroxylation is 1. The lowest BCUT2D eigenvalue weighted by atomic mass is 10.1. The third-order valence-corrected chi connectivity index (χ3v) is 5.46. The first-order valence-corrected chi connectivity index (χ1v) is 9.71. The summed E-state index contributed by atoms with van der Waals surface area (Å²) in [4.78, 5) is 24.2. The maximum Gasteiger partial charge on any atom is 0.257 e. The van der Waals surface area contributed by atoms with E-state index in [9.17, 15) is 14.0 Å². The van der Waals surface area contributed by atoms with Crippen molar-refractivity contribution in [2.45, 2.75) is 11.3 Å². The van der Waals surface area contributed by atoms with E-state index in [1.54, 1.807) is 24.3 Å². The van der Waals surface area contributed by atoms with E-state index in [2.05, 4.69) is 20.8 Å². The number of nitrogens with one attached hydrogen (secondary N) is 2. The molecule has 0 aliphatic carbocycles. The van der Waals surface area contributed by atoms with Crippen molar-refractivity contribution in [3.8, 4) is 0 Å². The van der Waals surface area contributed by atoms with Gasteiger partial charge in [0, 0.05) is 5.56 Å². The van der Waals surface area contributed by atoms with Crippen molar-refractivity contribution in [1.29, 1.82) is 0 Å². The molecule has 0 aliphatic rings. The number of anilines is 2. The molecule has 138 valence electrons. The van der Waals surface area contributed by atoms with Crippen molar-refractivity contribution < 1.29 is 14.0 Å². The Kier molecular flexibility index (Phi) is 6.15. The maximum atomic E-state index is 13.5. The average Bonchev–Trinajstić information content (AvgIpc) is 3.09. The Morgan fingerprint density at radius 1 is 1.07 bits per heavy atom. The highest BCUT2D eigenvalue weighted by Gasteiger charge is 2.13. The summed E-state index contributed by atoms with van der Waals surface area (Å²) in [7, 11) is 0. The molecule has 0 saturated carbocycles. The van der Waals surface area contributed by atoms with Crippen molar-refractivity contribution in [3.63, 3.8) is 0 Å². The second-order valence-corrected chi connectivity index (χ2v) is 7.66. The first kappa shape index (κ1) is 19.0. The van der Waals surface area contributed by atoms with Crippen LogP contribution in [0, 0.1) is 12.7 Å². The van der Waals surface area contributed by atoms with Gasteiger partial charge in [-0.15, -0.1) is 10.2 Å². The summed E-state index contributed by atoms with van der Waals surface area (Å²) in [5, 5.41) is 13.4. The molecule has 6 nitrogen and oxygen atoms in total. The van der Waals surface area contributed by atoms with Gasteiger partial charge in [-0.05, 0) is 30.7 Å². The Labute approximate surface area is 163 Å². The van der Waals surface area contributed by atoms with Gasteiger partial charge < -0.3 is 5.32 Å². The van der Waals surface area contributed by atoms with E-state index in [1.165, 1.54) is 23.5 Å². The molecule has 0 bridgehead atoms. The third-order valence-electron chi connectivity index (χ3n) is 3.49. The monoisotopic (exact) mass is 402 g/mol. The normalized spacial score (nSPS) is 10.4. The summed E-state index contributed by atoms with van der Waals surface area (Å²) in [6, 6.07) is 13.2. The van der Waals surface area contributed by atoms with Crippen LogP contribution in [0.2, 0.25) is 0 Å². The number of nitrogens with zero attached hydrogens (tertiary/aromatic N) is 2. The number of amides is 2. The standard InChI is InChI=1S/C18H15FN4O2S2/c1-11-6-2-3-7-12(11)16(25)21-17-22-23-18(27-17)26-10-15(24)20-14-9-5-4-8-13(14)19/h2-9H,10H2,1H3,(H,20,24)(H,21,22,25). The number of hydrogen-bond acceptors (Lipinski definition) is 6. The molecule has 0 aliphatic heterocycles. The van der Waals surface area contributed by atoms with E-state index < -0.39 is 5.82 Å². The van der Waals surface area contributed by atoms with Gasteiger partial charge in [-0.25, -0.2) is 4.39 Å². The molecule has 2 aromatic carbocycles. The maximum absolute atomic E-state index is 13.5. The minimum atomic E-state index is -0.493. The molecule has 9 heteroatoms. The number of halogens is 1. The first-order chi connectivity index (χ1) is 13.0. The van der Waals surface area contributed by atoms with E-state index in [-0.39, 0.29) is 23.3 Å². The fourth-order valence-electron chi connectivity index (χ4n) is 2.19. The number of carbonyl (C=O) groups is 2. The lowest BCUT2D eigenvalue weighted by molar-refractivity contribution is -0.113. The van der Waals surface area contributed by atoms with Crippen LogP contribution in [0.15, 0.2) is 52.9 Å². The molecular weight excluding hydrogens is 387 g/mol. The van der Waals surface area contributed by atoms with Crippen molar-refractivity contribution in [2.75, 3.05) is 16.4 Å². The number of rotatable bonds is 6. The number of para-hydroxylation sites is 1. The average molecular weight is 402 g/mol. The minimum Gasteiger partial charge on any atom is -0.323 e. The molecule has 0 spiro atoms. The molecule has 0 unspecified atom stereocenters. The Bertz CT molecular complexity index is 977. The van der Waals surface area contributed by atoms with Crippen LogP contribution in [-0.2, 0) is 4.79 Å². The Balaban J connectivity index is 1.54. The third kappa shape index (κ3) is 5.11. The molecule has 2 amide bonds. The molecule has 2 N–H and O–H groups in total. The van der Waals surface area contributed by atoms with Gasteiger partial charge in [-0.1, -0.05) is 53.4 Å². The van der Waals surface area contributed by atoms with E-state index in [0.717, 1.165) is 17.3 Å². The second-order valence-electron chi connectivity index (χ2n) is 5.46. The number of hydrogen-bond donors (Lipinski definition) is 2. The van der Waals surface area contributed by atoms with Crippen LogP contribution in [0.3, 0.4) is 0 Å². The number of thioether (sulfide) groups is 1. The van der Waals surface area contributed by atoms with Crippen molar-refractivity contribution in [2.24, 2.45) is 0 Å². The Hall–Kier alpha value is -2.78. The van der Waals surface area contributed by atoms with Crippen LogP contribution < -0.4 is 10.6 Å². The van der Waals surface area contributed by atoms with Gasteiger partial charge in [0.25, 0.3) is 5.91 Å². The molecule has 0 radical (unpaired) electrons. The molecular formula is C18H15FN4O2S2. The highest BCUT2D eigenvalue weighted by Crippen LogP contribution is 2.26. The van der Waals surface area contributed by atoms with Gasteiger partial charge >= 0.3 is 0 Å². The second kappa shape index (κ2) is 8.74. The molecule has 0 atom stereocenters. The van der Waals surface area contributed by atoms with Crippen LogP contribution in [-0.4, -0.2) is 27.8 Å². The van der Waals surface area contributed by atoms with Gasteiger partial charge in [0.15, 0.2) is 4.34 Å². The highest BCUT2D eigenvalue weighted by atomic mass is 32.2. The smallest absolute Gasteiger partial charge is 0.257 e. The number of benzene rings is 2. The first-order valence-electron chi connectivity index (χ1n) is 7.90. The predicted octanol–water partition coefficient (Wildman–Crippen LogP) is 3.97. The summed E-state index contributed by atoms with van der Waals surface area (Å²) in [6.07, 6.45) is 0. The zero-order valence-electron chi connectivity index (χ0n) is 14.2. The summed E-state index contributed by atoms with van der Waals surface area (Å²) in [5.41, 5.74) is 1.55. The lowest BCUT2D eigenvalue weighted by Gasteiger charge is -2.04. The van der Waals surface area contributed by atoms with Crippen molar-refractivity contribution >= 4 is 45.7 Å². The number of aromatic nitrogens is 2. The topological polar surface area (TPSA) is 84.0 Å². The van der Waals surface area contributed by atoms with Crippen LogP contribution in [0.5, 0.6) is 0 Å². The van der Waals surface area contributed by atoms with Crippen LogP contribution in [0.1, 0.15) is 15.9 Å². The Morgan fingerprint density at radius 2 is 1.81 bits per heavy atom. The van der Waals surface area contributed by atoms with Crippen molar-refractivity contribution in [1.82, 2.24) is 10.2 Å². The van der Waals surface area contributed by atoms with E-state index >= 15 is 0 Å². The molecule has 3 aromatic rings. The lowest BCUT2D eigenvalue weighted by Crippen LogP contribution is -2.14. The van der Waals surface area contributed by atoms with Crippen LogP contribution in [0.4, 0.5) is 15.2 Å². The van der Waals surface area contributed by atoms with Gasteiger partial charge in [-0.3, -0.25) is 14.9 Å². The van der Waals surface area contributed by atoms with Gasteiger partial charge in [-0.2, -0.15) is 0 Å². The zero-order chi connectivity index (χ0) is 19.2. The van der Waals surface area contributed by atoms with E-state index in [4.69, 9.17) is 0 Å². The summed E-state index contributed by atoms with van der Waals surface area (Å²) in [5.74, 6) is -1.06. The molecule has 27 heavy (non-hydrogen) atoms. The largest absolute Gasteiger partial charge is 0.323 e. The molecule has 1 heterocycles. The Morgan fingerprint density at radius 3 is 2.59 bits per heavy atom. The van der Waals surface area contributed by atoms with Crippen LogP contribution >= 0.6 is 23.1 Å². The summed E-state index contributed by atoms with van der Waals surface area (Å²) in [6.45, 7) is 1.85. The van der Waals surface area contributed by atoms with Gasteiger partial charge in [0.2, 0.25) is 11.0 Å².